The van der Waals surface area contributed by atoms with E-state index in [9.17, 15) is 0 Å². The molecule has 184 valence electrons. The first-order chi connectivity index (χ1) is 15.3. The van der Waals surface area contributed by atoms with Gasteiger partial charge in [0, 0.05) is 0 Å². The van der Waals surface area contributed by atoms with Crippen molar-refractivity contribution in [2.75, 3.05) is 6.54 Å². The standard InChI is InChI=1S/C30H59N/c1-3-5-7-9-11-12-13-14-15-16-17-18-19-20-22-24-26-28-30(29-31)27-25-23-21-10-8-6-4-2/h11-12,14-15,30H,3-10,13,16-29,31H2,1-2H3/b12-11-,15-14-. The predicted octanol–water partition coefficient (Wildman–Crippen LogP) is 10.3. The van der Waals surface area contributed by atoms with Crippen LogP contribution in [0, 0.1) is 5.92 Å². The largest absolute Gasteiger partial charge is 0.330 e. The summed E-state index contributed by atoms with van der Waals surface area (Å²) in [4.78, 5) is 0. The van der Waals surface area contributed by atoms with E-state index < -0.39 is 0 Å². The summed E-state index contributed by atoms with van der Waals surface area (Å²) in [5, 5.41) is 0. The van der Waals surface area contributed by atoms with Crippen LogP contribution in [0.1, 0.15) is 155 Å². The zero-order valence-electron chi connectivity index (χ0n) is 21.7. The van der Waals surface area contributed by atoms with Gasteiger partial charge in [0.05, 0.1) is 0 Å². The number of unbranched alkanes of at least 4 members (excludes halogenated alkanes) is 16. The monoisotopic (exact) mass is 433 g/mol. The van der Waals surface area contributed by atoms with Crippen molar-refractivity contribution in [1.29, 1.82) is 0 Å². The highest BCUT2D eigenvalue weighted by Gasteiger charge is 2.06. The molecular formula is C30H59N. The predicted molar refractivity (Wildman–Crippen MR) is 144 cm³/mol. The molecule has 0 saturated heterocycles. The van der Waals surface area contributed by atoms with Crippen LogP contribution >= 0.6 is 0 Å². The minimum absolute atomic E-state index is 0.786. The summed E-state index contributed by atoms with van der Waals surface area (Å²) in [7, 11) is 0. The van der Waals surface area contributed by atoms with Crippen molar-refractivity contribution >= 4 is 0 Å². The molecule has 0 radical (unpaired) electrons. The van der Waals surface area contributed by atoms with Gasteiger partial charge in [0.25, 0.3) is 0 Å². The molecule has 0 bridgehead atoms. The number of rotatable bonds is 25. The number of nitrogens with two attached hydrogens (primary N) is 1. The van der Waals surface area contributed by atoms with E-state index in [0.29, 0.717) is 0 Å². The molecule has 31 heavy (non-hydrogen) atoms. The van der Waals surface area contributed by atoms with Crippen molar-refractivity contribution in [1.82, 2.24) is 0 Å². The van der Waals surface area contributed by atoms with Gasteiger partial charge >= 0.3 is 0 Å². The fourth-order valence-electron chi connectivity index (χ4n) is 4.37. The molecule has 0 aliphatic carbocycles. The van der Waals surface area contributed by atoms with Gasteiger partial charge < -0.3 is 5.73 Å². The fraction of sp³-hybridized carbons (Fsp3) is 0.867. The summed E-state index contributed by atoms with van der Waals surface area (Å²) in [6, 6.07) is 0. The van der Waals surface area contributed by atoms with Crippen molar-refractivity contribution in [2.24, 2.45) is 11.7 Å². The lowest BCUT2D eigenvalue weighted by atomic mass is 9.94. The lowest BCUT2D eigenvalue weighted by Gasteiger charge is -2.14. The Labute approximate surface area is 197 Å². The van der Waals surface area contributed by atoms with Crippen LogP contribution in [0.5, 0.6) is 0 Å². The minimum atomic E-state index is 0.786. The van der Waals surface area contributed by atoms with E-state index in [-0.39, 0.29) is 0 Å². The van der Waals surface area contributed by atoms with Gasteiger partial charge in [-0.15, -0.1) is 0 Å². The molecule has 0 amide bonds. The number of hydrogen-bond donors (Lipinski definition) is 1. The fourth-order valence-corrected chi connectivity index (χ4v) is 4.37. The number of allylic oxidation sites excluding steroid dienone is 4. The van der Waals surface area contributed by atoms with Crippen molar-refractivity contribution in [3.63, 3.8) is 0 Å². The molecule has 0 spiro atoms. The van der Waals surface area contributed by atoms with Crippen molar-refractivity contribution in [2.45, 2.75) is 155 Å². The topological polar surface area (TPSA) is 26.0 Å². The molecule has 1 atom stereocenters. The molecule has 0 aromatic carbocycles. The van der Waals surface area contributed by atoms with Crippen molar-refractivity contribution in [3.05, 3.63) is 24.3 Å². The van der Waals surface area contributed by atoms with E-state index in [4.69, 9.17) is 5.73 Å². The van der Waals surface area contributed by atoms with Gasteiger partial charge in [-0.25, -0.2) is 0 Å². The highest BCUT2D eigenvalue weighted by atomic mass is 14.5. The molecular weight excluding hydrogens is 374 g/mol. The van der Waals surface area contributed by atoms with Gasteiger partial charge in [-0.2, -0.15) is 0 Å². The minimum Gasteiger partial charge on any atom is -0.330 e. The molecule has 0 aliphatic heterocycles. The van der Waals surface area contributed by atoms with Gasteiger partial charge in [-0.1, -0.05) is 134 Å². The zero-order valence-corrected chi connectivity index (χ0v) is 21.7. The van der Waals surface area contributed by atoms with Crippen LogP contribution in [0.15, 0.2) is 24.3 Å². The van der Waals surface area contributed by atoms with Gasteiger partial charge in [0.2, 0.25) is 0 Å². The van der Waals surface area contributed by atoms with E-state index >= 15 is 0 Å². The average Bonchev–Trinajstić information content (AvgIpc) is 2.79. The maximum Gasteiger partial charge on any atom is -0.00489 e. The average molecular weight is 434 g/mol. The molecule has 2 N–H and O–H groups in total. The zero-order chi connectivity index (χ0) is 22.7. The maximum atomic E-state index is 6.02. The van der Waals surface area contributed by atoms with E-state index in [1.165, 1.54) is 135 Å². The molecule has 0 fully saturated rings. The Kier molecular flexibility index (Phi) is 27.0. The Hall–Kier alpha value is -0.560. The van der Waals surface area contributed by atoms with Crippen LogP contribution in [0.2, 0.25) is 0 Å². The maximum absolute atomic E-state index is 6.02. The highest BCUT2D eigenvalue weighted by Crippen LogP contribution is 2.18. The quantitative estimate of drug-likeness (QED) is 0.112. The second kappa shape index (κ2) is 27.5. The van der Waals surface area contributed by atoms with Crippen LogP contribution in [-0.4, -0.2) is 6.54 Å². The van der Waals surface area contributed by atoms with Crippen molar-refractivity contribution in [3.8, 4) is 0 Å². The van der Waals surface area contributed by atoms with Crippen LogP contribution in [-0.2, 0) is 0 Å². The molecule has 1 nitrogen and oxygen atoms in total. The van der Waals surface area contributed by atoms with Crippen LogP contribution in [0.3, 0.4) is 0 Å². The summed E-state index contributed by atoms with van der Waals surface area (Å²) in [5.74, 6) is 0.786. The van der Waals surface area contributed by atoms with Gasteiger partial charge in [-0.3, -0.25) is 0 Å². The molecule has 1 unspecified atom stereocenters. The Morgan fingerprint density at radius 3 is 1.35 bits per heavy atom. The first-order valence-corrected chi connectivity index (χ1v) is 14.3. The van der Waals surface area contributed by atoms with Crippen molar-refractivity contribution < 1.29 is 0 Å². The lowest BCUT2D eigenvalue weighted by Crippen LogP contribution is -2.14. The van der Waals surface area contributed by atoms with Crippen LogP contribution < -0.4 is 5.73 Å². The second-order valence-corrected chi connectivity index (χ2v) is 9.74. The lowest BCUT2D eigenvalue weighted by molar-refractivity contribution is 0.410. The Bertz CT molecular complexity index is 371. The van der Waals surface area contributed by atoms with E-state index in [0.717, 1.165) is 18.9 Å². The molecule has 0 aromatic rings. The Morgan fingerprint density at radius 2 is 0.871 bits per heavy atom. The van der Waals surface area contributed by atoms with Crippen LogP contribution in [0.4, 0.5) is 0 Å². The number of hydrogen-bond acceptors (Lipinski definition) is 1. The van der Waals surface area contributed by atoms with Crippen LogP contribution in [0.25, 0.3) is 0 Å². The summed E-state index contributed by atoms with van der Waals surface area (Å²) in [6.45, 7) is 5.46. The Balaban J connectivity index is 3.33. The molecule has 0 aromatic heterocycles. The molecule has 1 heteroatoms. The van der Waals surface area contributed by atoms with E-state index in [2.05, 4.69) is 38.2 Å². The summed E-state index contributed by atoms with van der Waals surface area (Å²) >= 11 is 0. The smallest absolute Gasteiger partial charge is 0.00489 e. The Morgan fingerprint density at radius 1 is 0.484 bits per heavy atom. The molecule has 0 saturated carbocycles. The summed E-state index contributed by atoms with van der Waals surface area (Å²) in [6.07, 6.45) is 39.6. The van der Waals surface area contributed by atoms with Gasteiger partial charge in [0.15, 0.2) is 0 Å². The SMILES string of the molecule is CCCCC/C=C\C/C=C\CCCCCCCCCC(CN)CCCCCCCCC. The second-order valence-electron chi connectivity index (χ2n) is 9.74. The third-order valence-electron chi connectivity index (χ3n) is 6.61. The third kappa shape index (κ3) is 25.6. The molecule has 0 heterocycles. The first-order valence-electron chi connectivity index (χ1n) is 14.3. The van der Waals surface area contributed by atoms with Gasteiger partial charge in [-0.05, 0) is 57.4 Å². The third-order valence-corrected chi connectivity index (χ3v) is 6.61. The first kappa shape index (κ1) is 30.4. The molecule has 0 aliphatic rings. The van der Waals surface area contributed by atoms with Gasteiger partial charge in [0.1, 0.15) is 0 Å². The summed E-state index contributed by atoms with van der Waals surface area (Å²) < 4.78 is 0. The normalized spacial score (nSPS) is 13.0. The molecule has 0 rings (SSSR count). The summed E-state index contributed by atoms with van der Waals surface area (Å²) in [5.41, 5.74) is 6.02. The van der Waals surface area contributed by atoms with E-state index in [1.54, 1.807) is 0 Å². The highest BCUT2D eigenvalue weighted by molar-refractivity contribution is 4.92. The van der Waals surface area contributed by atoms with E-state index in [1.807, 2.05) is 0 Å².